The van der Waals surface area contributed by atoms with Crippen LogP contribution in [0.15, 0.2) is 36.8 Å². The lowest BCUT2D eigenvalue weighted by molar-refractivity contribution is -0.0885. The number of rotatable bonds is 2. The molecule has 0 aliphatic rings. The van der Waals surface area contributed by atoms with Gasteiger partial charge in [0, 0.05) is 12.4 Å². The Bertz CT molecular complexity index is 533. The minimum Gasteiger partial charge on any atom is -0.284 e. The zero-order valence-corrected chi connectivity index (χ0v) is 8.35. The Morgan fingerprint density at radius 3 is 2.65 bits per heavy atom. The average molecular weight is 241 g/mol. The molecule has 0 aliphatic carbocycles. The summed E-state index contributed by atoms with van der Waals surface area (Å²) in [5.74, 6) is -1.58. The van der Waals surface area contributed by atoms with E-state index in [9.17, 15) is 18.0 Å². The van der Waals surface area contributed by atoms with Crippen molar-refractivity contribution in [3.8, 4) is 5.82 Å². The van der Waals surface area contributed by atoms with Gasteiger partial charge in [-0.25, -0.2) is 9.67 Å². The number of Topliss-reactive ketones (excluding diaryl/α,β-unsaturated/α-hetero) is 1. The van der Waals surface area contributed by atoms with Gasteiger partial charge in [-0.2, -0.15) is 18.3 Å². The molecule has 2 aromatic rings. The predicted octanol–water partition coefficient (Wildman–Crippen LogP) is 2.01. The van der Waals surface area contributed by atoms with Gasteiger partial charge < -0.3 is 0 Å². The Hall–Kier alpha value is -2.18. The molecule has 0 saturated carbocycles. The van der Waals surface area contributed by atoms with Crippen LogP contribution in [0.25, 0.3) is 5.82 Å². The molecular formula is C10H6F3N3O. The summed E-state index contributed by atoms with van der Waals surface area (Å²) >= 11 is 0. The average Bonchev–Trinajstić information content (AvgIpc) is 2.77. The Kier molecular flexibility index (Phi) is 2.66. The van der Waals surface area contributed by atoms with Gasteiger partial charge in [0.2, 0.25) is 0 Å². The maximum Gasteiger partial charge on any atom is 0.454 e. The summed E-state index contributed by atoms with van der Waals surface area (Å²) in [7, 11) is 0. The fourth-order valence-electron chi connectivity index (χ4n) is 1.22. The van der Waals surface area contributed by atoms with Crippen molar-refractivity contribution in [3.63, 3.8) is 0 Å². The van der Waals surface area contributed by atoms with E-state index in [1.807, 2.05) is 0 Å². The van der Waals surface area contributed by atoms with Crippen molar-refractivity contribution in [1.82, 2.24) is 14.8 Å². The molecule has 0 unspecified atom stereocenters. The Labute approximate surface area is 93.7 Å². The maximum absolute atomic E-state index is 12.1. The molecule has 0 amide bonds. The van der Waals surface area contributed by atoms with Crippen LogP contribution in [-0.4, -0.2) is 26.7 Å². The van der Waals surface area contributed by atoms with Crippen LogP contribution in [0.5, 0.6) is 0 Å². The number of carbonyl (C=O) groups is 1. The monoisotopic (exact) mass is 241 g/mol. The highest BCUT2D eigenvalue weighted by atomic mass is 19.4. The first kappa shape index (κ1) is 11.3. The van der Waals surface area contributed by atoms with Crippen molar-refractivity contribution < 1.29 is 18.0 Å². The molecule has 0 saturated heterocycles. The topological polar surface area (TPSA) is 47.8 Å². The summed E-state index contributed by atoms with van der Waals surface area (Å²) in [6.45, 7) is 0. The third-order valence-corrected chi connectivity index (χ3v) is 1.99. The first-order chi connectivity index (χ1) is 7.98. The molecule has 2 heterocycles. The summed E-state index contributed by atoms with van der Waals surface area (Å²) < 4.78 is 37.5. The molecule has 2 aromatic heterocycles. The second kappa shape index (κ2) is 4.00. The van der Waals surface area contributed by atoms with Crippen molar-refractivity contribution in [2.75, 3.05) is 0 Å². The number of halogens is 3. The number of nitrogens with zero attached hydrogens (tertiary/aromatic N) is 3. The smallest absolute Gasteiger partial charge is 0.284 e. The zero-order chi connectivity index (χ0) is 12.5. The lowest BCUT2D eigenvalue weighted by atomic mass is 10.2. The molecule has 0 fully saturated rings. The molecular weight excluding hydrogens is 235 g/mol. The largest absolute Gasteiger partial charge is 0.454 e. The standard InChI is InChI=1S/C10H6F3N3O/c11-10(12,13)9(17)7-5-15-16(6-7)8-3-1-2-4-14-8/h1-6H. The van der Waals surface area contributed by atoms with E-state index < -0.39 is 17.5 Å². The van der Waals surface area contributed by atoms with Gasteiger partial charge in [-0.15, -0.1) is 0 Å². The number of hydrogen-bond donors (Lipinski definition) is 0. The molecule has 17 heavy (non-hydrogen) atoms. The quantitative estimate of drug-likeness (QED) is 0.755. The summed E-state index contributed by atoms with van der Waals surface area (Å²) in [6, 6.07) is 4.89. The molecule has 0 N–H and O–H groups in total. The number of carbonyl (C=O) groups excluding carboxylic acids is 1. The molecule has 2 rings (SSSR count). The maximum atomic E-state index is 12.1. The van der Waals surface area contributed by atoms with E-state index in [4.69, 9.17) is 0 Å². The molecule has 0 atom stereocenters. The van der Waals surface area contributed by atoms with E-state index in [0.29, 0.717) is 5.82 Å². The van der Waals surface area contributed by atoms with E-state index in [2.05, 4.69) is 10.1 Å². The second-order valence-corrected chi connectivity index (χ2v) is 3.19. The van der Waals surface area contributed by atoms with Crippen LogP contribution in [0.1, 0.15) is 10.4 Å². The minimum absolute atomic E-state index is 0.341. The van der Waals surface area contributed by atoms with Gasteiger partial charge in [-0.3, -0.25) is 4.79 Å². The van der Waals surface area contributed by atoms with Crippen molar-refractivity contribution >= 4 is 5.78 Å². The van der Waals surface area contributed by atoms with E-state index >= 15 is 0 Å². The molecule has 0 aliphatic heterocycles. The number of pyridine rings is 1. The molecule has 7 heteroatoms. The number of ketones is 1. The lowest BCUT2D eigenvalue weighted by Gasteiger charge is -2.01. The van der Waals surface area contributed by atoms with Gasteiger partial charge in [-0.05, 0) is 12.1 Å². The Morgan fingerprint density at radius 1 is 1.29 bits per heavy atom. The van der Waals surface area contributed by atoms with Gasteiger partial charge in [-0.1, -0.05) is 6.07 Å². The highest BCUT2D eigenvalue weighted by Crippen LogP contribution is 2.21. The number of hydrogen-bond acceptors (Lipinski definition) is 3. The number of alkyl halides is 3. The first-order valence-electron chi connectivity index (χ1n) is 4.56. The van der Waals surface area contributed by atoms with Crippen LogP contribution in [-0.2, 0) is 0 Å². The van der Waals surface area contributed by atoms with Crippen molar-refractivity contribution in [3.05, 3.63) is 42.4 Å². The minimum atomic E-state index is -4.89. The van der Waals surface area contributed by atoms with Gasteiger partial charge in [0.15, 0.2) is 5.82 Å². The molecule has 0 radical (unpaired) electrons. The SMILES string of the molecule is O=C(c1cnn(-c2ccccn2)c1)C(F)(F)F. The van der Waals surface area contributed by atoms with Crippen LogP contribution in [0.4, 0.5) is 13.2 Å². The van der Waals surface area contributed by atoms with Crippen LogP contribution < -0.4 is 0 Å². The number of aromatic nitrogens is 3. The van der Waals surface area contributed by atoms with E-state index in [1.54, 1.807) is 18.2 Å². The molecule has 0 bridgehead atoms. The van der Waals surface area contributed by atoms with Gasteiger partial charge in [0.25, 0.3) is 5.78 Å². The fourth-order valence-corrected chi connectivity index (χ4v) is 1.22. The van der Waals surface area contributed by atoms with Crippen molar-refractivity contribution in [2.24, 2.45) is 0 Å². The van der Waals surface area contributed by atoms with E-state index in [-0.39, 0.29) is 0 Å². The highest BCUT2D eigenvalue weighted by molar-refractivity contribution is 5.99. The molecule has 0 spiro atoms. The summed E-state index contributed by atoms with van der Waals surface area (Å²) in [4.78, 5) is 14.8. The zero-order valence-electron chi connectivity index (χ0n) is 8.35. The van der Waals surface area contributed by atoms with Crippen LogP contribution in [0.2, 0.25) is 0 Å². The molecule has 4 nitrogen and oxygen atoms in total. The van der Waals surface area contributed by atoms with Gasteiger partial charge in [0.1, 0.15) is 0 Å². The summed E-state index contributed by atoms with van der Waals surface area (Å²) in [6.07, 6.45) is -1.55. The third-order valence-electron chi connectivity index (χ3n) is 1.99. The van der Waals surface area contributed by atoms with Crippen LogP contribution in [0.3, 0.4) is 0 Å². The Balaban J connectivity index is 2.32. The first-order valence-corrected chi connectivity index (χ1v) is 4.56. The summed E-state index contributed by atoms with van der Waals surface area (Å²) in [5.41, 5.74) is -0.511. The lowest BCUT2D eigenvalue weighted by Crippen LogP contribution is -2.22. The van der Waals surface area contributed by atoms with Crippen molar-refractivity contribution in [1.29, 1.82) is 0 Å². The summed E-state index contributed by atoms with van der Waals surface area (Å²) in [5, 5.41) is 3.65. The molecule has 88 valence electrons. The van der Waals surface area contributed by atoms with E-state index in [1.165, 1.54) is 6.20 Å². The van der Waals surface area contributed by atoms with E-state index in [0.717, 1.165) is 17.1 Å². The van der Waals surface area contributed by atoms with Crippen LogP contribution in [0, 0.1) is 0 Å². The highest BCUT2D eigenvalue weighted by Gasteiger charge is 2.40. The normalized spacial score (nSPS) is 11.5. The predicted molar refractivity (Wildman–Crippen MR) is 51.7 cm³/mol. The second-order valence-electron chi connectivity index (χ2n) is 3.19. The fraction of sp³-hybridized carbons (Fsp3) is 0.100. The third kappa shape index (κ3) is 2.32. The molecule has 0 aromatic carbocycles. The van der Waals surface area contributed by atoms with Crippen molar-refractivity contribution in [2.45, 2.75) is 6.18 Å². The Morgan fingerprint density at radius 2 is 2.06 bits per heavy atom. The van der Waals surface area contributed by atoms with Crippen LogP contribution >= 0.6 is 0 Å². The van der Waals surface area contributed by atoms with Gasteiger partial charge >= 0.3 is 6.18 Å². The van der Waals surface area contributed by atoms with Gasteiger partial charge in [0.05, 0.1) is 11.8 Å².